The first-order chi connectivity index (χ1) is 12.1. The Morgan fingerprint density at radius 3 is 3.00 bits per heavy atom. The van der Waals surface area contributed by atoms with Gasteiger partial charge in [0.1, 0.15) is 6.54 Å². The van der Waals surface area contributed by atoms with Gasteiger partial charge in [-0.2, -0.15) is 10.4 Å². The SMILES string of the molecule is Cc1cccc2c(=O)n(CC(=O)Nc3ccn(CCC#N)n3)cnc12. The van der Waals surface area contributed by atoms with Gasteiger partial charge in [-0.05, 0) is 18.6 Å². The Bertz CT molecular complexity index is 1030. The molecule has 0 radical (unpaired) electrons. The van der Waals surface area contributed by atoms with Crippen molar-refractivity contribution in [3.8, 4) is 6.07 Å². The highest BCUT2D eigenvalue weighted by atomic mass is 16.2. The molecule has 126 valence electrons. The van der Waals surface area contributed by atoms with E-state index in [1.165, 1.54) is 10.9 Å². The van der Waals surface area contributed by atoms with E-state index in [-0.39, 0.29) is 18.0 Å². The first-order valence-electron chi connectivity index (χ1n) is 7.73. The molecule has 2 aromatic heterocycles. The molecule has 0 aliphatic carbocycles. The van der Waals surface area contributed by atoms with Crippen LogP contribution in [0, 0.1) is 18.3 Å². The van der Waals surface area contributed by atoms with Crippen LogP contribution in [0.5, 0.6) is 0 Å². The van der Waals surface area contributed by atoms with Gasteiger partial charge in [0.15, 0.2) is 5.82 Å². The Kier molecular flexibility index (Phi) is 4.57. The maximum absolute atomic E-state index is 12.5. The monoisotopic (exact) mass is 336 g/mol. The number of aryl methyl sites for hydroxylation is 2. The minimum Gasteiger partial charge on any atom is -0.308 e. The molecule has 8 heteroatoms. The molecule has 0 bridgehead atoms. The van der Waals surface area contributed by atoms with Crippen molar-refractivity contribution in [2.24, 2.45) is 0 Å². The highest BCUT2D eigenvalue weighted by Crippen LogP contribution is 2.11. The molecule has 1 N–H and O–H groups in total. The lowest BCUT2D eigenvalue weighted by atomic mass is 10.1. The fraction of sp³-hybridized carbons (Fsp3) is 0.235. The number of rotatable bonds is 5. The van der Waals surface area contributed by atoms with Gasteiger partial charge >= 0.3 is 0 Å². The first kappa shape index (κ1) is 16.4. The highest BCUT2D eigenvalue weighted by molar-refractivity contribution is 5.89. The van der Waals surface area contributed by atoms with Gasteiger partial charge in [-0.25, -0.2) is 4.98 Å². The van der Waals surface area contributed by atoms with Crippen LogP contribution < -0.4 is 10.9 Å². The van der Waals surface area contributed by atoms with Crippen LogP contribution in [0.15, 0.2) is 41.6 Å². The molecule has 0 fully saturated rings. The molecular formula is C17H16N6O2. The number of nitrogens with zero attached hydrogens (tertiary/aromatic N) is 5. The van der Waals surface area contributed by atoms with Crippen molar-refractivity contribution in [3.63, 3.8) is 0 Å². The average Bonchev–Trinajstić information content (AvgIpc) is 3.03. The van der Waals surface area contributed by atoms with Crippen molar-refractivity contribution in [3.05, 3.63) is 52.7 Å². The Morgan fingerprint density at radius 2 is 2.20 bits per heavy atom. The first-order valence-corrected chi connectivity index (χ1v) is 7.73. The van der Waals surface area contributed by atoms with Gasteiger partial charge in [-0.1, -0.05) is 12.1 Å². The number of hydrogen-bond donors (Lipinski definition) is 1. The van der Waals surface area contributed by atoms with Gasteiger partial charge in [0, 0.05) is 12.3 Å². The summed E-state index contributed by atoms with van der Waals surface area (Å²) in [6.45, 7) is 2.19. The summed E-state index contributed by atoms with van der Waals surface area (Å²) in [5.41, 5.74) is 1.29. The van der Waals surface area contributed by atoms with E-state index in [0.29, 0.717) is 29.7 Å². The van der Waals surface area contributed by atoms with Gasteiger partial charge in [-0.3, -0.25) is 18.8 Å². The van der Waals surface area contributed by atoms with Crippen LogP contribution in [0.25, 0.3) is 10.9 Å². The molecule has 0 atom stereocenters. The van der Waals surface area contributed by atoms with E-state index in [2.05, 4.69) is 15.4 Å². The summed E-state index contributed by atoms with van der Waals surface area (Å²) in [4.78, 5) is 28.9. The number of carbonyl (C=O) groups excluding carboxylic acids is 1. The smallest absolute Gasteiger partial charge is 0.261 e. The molecule has 3 rings (SSSR count). The van der Waals surface area contributed by atoms with Crippen LogP contribution in [0.4, 0.5) is 5.82 Å². The summed E-state index contributed by atoms with van der Waals surface area (Å²) in [5, 5.41) is 15.8. The molecule has 25 heavy (non-hydrogen) atoms. The van der Waals surface area contributed by atoms with E-state index in [1.807, 2.05) is 19.1 Å². The fourth-order valence-electron chi connectivity index (χ4n) is 2.50. The van der Waals surface area contributed by atoms with E-state index in [9.17, 15) is 9.59 Å². The van der Waals surface area contributed by atoms with Gasteiger partial charge in [0.2, 0.25) is 5.91 Å². The lowest BCUT2D eigenvalue weighted by molar-refractivity contribution is -0.116. The summed E-state index contributed by atoms with van der Waals surface area (Å²) >= 11 is 0. The predicted octanol–water partition coefficient (Wildman–Crippen LogP) is 1.45. The third kappa shape index (κ3) is 3.55. The largest absolute Gasteiger partial charge is 0.308 e. The van der Waals surface area contributed by atoms with Crippen LogP contribution in [-0.4, -0.2) is 25.2 Å². The molecule has 8 nitrogen and oxygen atoms in total. The molecule has 2 heterocycles. The van der Waals surface area contributed by atoms with Crippen LogP contribution in [-0.2, 0) is 17.9 Å². The minimum atomic E-state index is -0.374. The number of nitrogens with one attached hydrogen (secondary N) is 1. The van der Waals surface area contributed by atoms with E-state index in [4.69, 9.17) is 5.26 Å². The van der Waals surface area contributed by atoms with Crippen molar-refractivity contribution in [2.75, 3.05) is 5.32 Å². The number of anilines is 1. The standard InChI is InChI=1S/C17H16N6O2/c1-12-4-2-5-13-16(12)19-11-22(17(13)25)10-15(24)20-14-6-9-23(21-14)8-3-7-18/h2,4-6,9,11H,3,8,10H2,1H3,(H,20,21,24). The summed E-state index contributed by atoms with van der Waals surface area (Å²) < 4.78 is 2.84. The van der Waals surface area contributed by atoms with Crippen LogP contribution in [0.1, 0.15) is 12.0 Å². The molecule has 1 amide bonds. The zero-order valence-electron chi connectivity index (χ0n) is 13.6. The number of carbonyl (C=O) groups is 1. The average molecular weight is 336 g/mol. The van der Waals surface area contributed by atoms with Crippen molar-refractivity contribution in [2.45, 2.75) is 26.4 Å². The number of fused-ring (bicyclic) bond motifs is 1. The molecule has 0 saturated carbocycles. The van der Waals surface area contributed by atoms with Gasteiger partial charge in [0.05, 0.1) is 36.3 Å². The van der Waals surface area contributed by atoms with Crippen LogP contribution in [0.2, 0.25) is 0 Å². The molecular weight excluding hydrogens is 320 g/mol. The second-order valence-corrected chi connectivity index (χ2v) is 5.57. The fourth-order valence-corrected chi connectivity index (χ4v) is 2.50. The van der Waals surface area contributed by atoms with E-state index in [0.717, 1.165) is 5.56 Å². The number of amides is 1. The lowest BCUT2D eigenvalue weighted by Gasteiger charge is -2.07. The maximum atomic E-state index is 12.5. The molecule has 0 aliphatic rings. The van der Waals surface area contributed by atoms with Gasteiger partial charge in [0.25, 0.3) is 5.56 Å². The minimum absolute atomic E-state index is 0.152. The topological polar surface area (TPSA) is 106 Å². The third-order valence-corrected chi connectivity index (χ3v) is 3.73. The zero-order valence-corrected chi connectivity index (χ0v) is 13.6. The quantitative estimate of drug-likeness (QED) is 0.759. The van der Waals surface area contributed by atoms with Gasteiger partial charge in [-0.15, -0.1) is 0 Å². The van der Waals surface area contributed by atoms with Crippen LogP contribution >= 0.6 is 0 Å². The van der Waals surface area contributed by atoms with E-state index < -0.39 is 0 Å². The number of hydrogen-bond acceptors (Lipinski definition) is 5. The number of aromatic nitrogens is 4. The molecule has 0 aliphatic heterocycles. The molecule has 1 aromatic carbocycles. The van der Waals surface area contributed by atoms with Gasteiger partial charge < -0.3 is 5.32 Å². The summed E-state index contributed by atoms with van der Waals surface area (Å²) in [6, 6.07) is 9.04. The second kappa shape index (κ2) is 6.97. The molecule has 0 spiro atoms. The van der Waals surface area contributed by atoms with E-state index in [1.54, 1.807) is 29.1 Å². The highest BCUT2D eigenvalue weighted by Gasteiger charge is 2.10. The summed E-state index contributed by atoms with van der Waals surface area (Å²) in [6.07, 6.45) is 3.40. The Hall–Kier alpha value is -3.47. The molecule has 3 aromatic rings. The van der Waals surface area contributed by atoms with Crippen LogP contribution in [0.3, 0.4) is 0 Å². The molecule has 0 saturated heterocycles. The van der Waals surface area contributed by atoms with E-state index >= 15 is 0 Å². The summed E-state index contributed by atoms with van der Waals surface area (Å²) in [5.74, 6) is 0.00187. The Balaban J connectivity index is 1.74. The number of nitriles is 1. The third-order valence-electron chi connectivity index (χ3n) is 3.73. The zero-order chi connectivity index (χ0) is 17.8. The Labute approximate surface area is 143 Å². The Morgan fingerprint density at radius 1 is 1.36 bits per heavy atom. The lowest BCUT2D eigenvalue weighted by Crippen LogP contribution is -2.28. The predicted molar refractivity (Wildman–Crippen MR) is 91.8 cm³/mol. The number of para-hydroxylation sites is 1. The van der Waals surface area contributed by atoms with Crippen molar-refractivity contribution < 1.29 is 4.79 Å². The normalized spacial score (nSPS) is 10.6. The maximum Gasteiger partial charge on any atom is 0.261 e. The van der Waals surface area contributed by atoms with Crippen molar-refractivity contribution in [1.29, 1.82) is 5.26 Å². The van der Waals surface area contributed by atoms with Crippen molar-refractivity contribution in [1.82, 2.24) is 19.3 Å². The van der Waals surface area contributed by atoms with Crippen molar-refractivity contribution >= 4 is 22.6 Å². The molecule has 0 unspecified atom stereocenters. The number of benzene rings is 1. The second-order valence-electron chi connectivity index (χ2n) is 5.57. The summed E-state index contributed by atoms with van der Waals surface area (Å²) in [7, 11) is 0.